The van der Waals surface area contributed by atoms with Crippen LogP contribution in [0.2, 0.25) is 0 Å². The highest BCUT2D eigenvalue weighted by molar-refractivity contribution is 4.40. The lowest BCUT2D eigenvalue weighted by Crippen LogP contribution is -2.29. The molecule has 0 aromatic rings. The van der Waals surface area contributed by atoms with E-state index in [1.807, 2.05) is 6.92 Å². The van der Waals surface area contributed by atoms with Crippen molar-refractivity contribution in [3.63, 3.8) is 0 Å². The first kappa shape index (κ1) is 9.84. The molecular formula is C6H15NO3. The number of methoxy groups -OCH3 is 2. The summed E-state index contributed by atoms with van der Waals surface area (Å²) in [5.41, 5.74) is 2.69. The van der Waals surface area contributed by atoms with Gasteiger partial charge in [-0.3, -0.25) is 0 Å². The summed E-state index contributed by atoms with van der Waals surface area (Å²) >= 11 is 0. The van der Waals surface area contributed by atoms with E-state index < -0.39 is 0 Å². The van der Waals surface area contributed by atoms with Gasteiger partial charge in [-0.15, -0.1) is 0 Å². The Hall–Kier alpha value is -0.160. The molecule has 0 aromatic carbocycles. The van der Waals surface area contributed by atoms with E-state index in [0.29, 0.717) is 13.2 Å². The second-order valence-corrected chi connectivity index (χ2v) is 1.68. The van der Waals surface area contributed by atoms with Gasteiger partial charge in [0, 0.05) is 14.2 Å². The summed E-state index contributed by atoms with van der Waals surface area (Å²) in [7, 11) is 3.17. The molecule has 10 heavy (non-hydrogen) atoms. The van der Waals surface area contributed by atoms with Gasteiger partial charge in [-0.25, -0.2) is 0 Å². The molecule has 0 atom stereocenters. The number of rotatable bonds is 6. The van der Waals surface area contributed by atoms with Crippen molar-refractivity contribution in [2.45, 2.75) is 13.2 Å². The van der Waals surface area contributed by atoms with E-state index in [1.165, 1.54) is 0 Å². The second-order valence-electron chi connectivity index (χ2n) is 1.68. The molecule has 4 nitrogen and oxygen atoms in total. The fourth-order valence-electron chi connectivity index (χ4n) is 0.492. The van der Waals surface area contributed by atoms with Crippen LogP contribution in [0.1, 0.15) is 6.92 Å². The van der Waals surface area contributed by atoms with Crippen molar-refractivity contribution < 1.29 is 14.3 Å². The van der Waals surface area contributed by atoms with Gasteiger partial charge in [-0.2, -0.15) is 5.48 Å². The SMILES string of the molecule is CCONCC(OC)OC. The lowest BCUT2D eigenvalue weighted by molar-refractivity contribution is -0.120. The van der Waals surface area contributed by atoms with Crippen LogP contribution in [0.25, 0.3) is 0 Å². The third-order valence-electron chi connectivity index (χ3n) is 1.02. The summed E-state index contributed by atoms with van der Waals surface area (Å²) in [4.78, 5) is 4.86. The molecule has 0 aliphatic heterocycles. The first-order valence-corrected chi connectivity index (χ1v) is 3.25. The molecule has 4 heteroatoms. The van der Waals surface area contributed by atoms with Gasteiger partial charge < -0.3 is 14.3 Å². The van der Waals surface area contributed by atoms with Gasteiger partial charge in [0.1, 0.15) is 0 Å². The van der Waals surface area contributed by atoms with Gasteiger partial charge >= 0.3 is 0 Å². The fraction of sp³-hybridized carbons (Fsp3) is 1.00. The van der Waals surface area contributed by atoms with Crippen LogP contribution in [-0.4, -0.2) is 33.7 Å². The van der Waals surface area contributed by atoms with Crippen LogP contribution in [0.4, 0.5) is 0 Å². The van der Waals surface area contributed by atoms with E-state index in [4.69, 9.17) is 14.3 Å². The highest BCUT2D eigenvalue weighted by atomic mass is 16.7. The summed E-state index contributed by atoms with van der Waals surface area (Å²) in [6.07, 6.45) is -0.230. The summed E-state index contributed by atoms with van der Waals surface area (Å²) < 4.78 is 9.76. The van der Waals surface area contributed by atoms with Gasteiger partial charge in [0.2, 0.25) is 0 Å². The Kier molecular flexibility index (Phi) is 6.84. The van der Waals surface area contributed by atoms with Crippen molar-refractivity contribution in [2.75, 3.05) is 27.4 Å². The van der Waals surface area contributed by atoms with E-state index >= 15 is 0 Å². The van der Waals surface area contributed by atoms with E-state index in [1.54, 1.807) is 14.2 Å². The molecule has 0 saturated heterocycles. The first-order valence-electron chi connectivity index (χ1n) is 3.25. The predicted octanol–water partition coefficient (Wildman–Crippen LogP) is 0.146. The minimum atomic E-state index is -0.230. The fourth-order valence-corrected chi connectivity index (χ4v) is 0.492. The van der Waals surface area contributed by atoms with Gasteiger partial charge in [0.05, 0.1) is 13.2 Å². The lowest BCUT2D eigenvalue weighted by atomic mass is 10.6. The first-order chi connectivity index (χ1) is 4.85. The number of hydrogen-bond acceptors (Lipinski definition) is 4. The van der Waals surface area contributed by atoms with Crippen molar-refractivity contribution in [3.05, 3.63) is 0 Å². The van der Waals surface area contributed by atoms with Crippen LogP contribution in [0.5, 0.6) is 0 Å². The van der Waals surface area contributed by atoms with Crippen molar-refractivity contribution in [3.8, 4) is 0 Å². The lowest BCUT2D eigenvalue weighted by Gasteiger charge is -2.12. The van der Waals surface area contributed by atoms with Crippen LogP contribution in [0, 0.1) is 0 Å². The summed E-state index contributed by atoms with van der Waals surface area (Å²) in [6.45, 7) is 3.09. The number of hydroxylamine groups is 1. The predicted molar refractivity (Wildman–Crippen MR) is 37.4 cm³/mol. The second kappa shape index (κ2) is 6.95. The monoisotopic (exact) mass is 149 g/mol. The quantitative estimate of drug-likeness (QED) is 0.331. The molecule has 0 amide bonds. The number of hydrogen-bond donors (Lipinski definition) is 1. The molecule has 1 N–H and O–H groups in total. The van der Waals surface area contributed by atoms with Crippen LogP contribution in [0.15, 0.2) is 0 Å². The molecule has 0 spiro atoms. The molecule has 0 saturated carbocycles. The third-order valence-corrected chi connectivity index (χ3v) is 1.02. The molecular weight excluding hydrogens is 134 g/mol. The minimum Gasteiger partial charge on any atom is -0.354 e. The van der Waals surface area contributed by atoms with Gasteiger partial charge in [0.25, 0.3) is 0 Å². The highest BCUT2D eigenvalue weighted by Crippen LogP contribution is 1.86. The maximum atomic E-state index is 4.88. The smallest absolute Gasteiger partial charge is 0.171 e. The molecule has 0 bridgehead atoms. The van der Waals surface area contributed by atoms with Crippen LogP contribution < -0.4 is 5.48 Å². The Balaban J connectivity index is 3.09. The van der Waals surface area contributed by atoms with Gasteiger partial charge in [0.15, 0.2) is 6.29 Å². The molecule has 62 valence electrons. The molecule has 0 radical (unpaired) electrons. The zero-order valence-corrected chi connectivity index (χ0v) is 6.72. The Morgan fingerprint density at radius 3 is 2.30 bits per heavy atom. The molecule has 0 fully saturated rings. The van der Waals surface area contributed by atoms with E-state index in [-0.39, 0.29) is 6.29 Å². The topological polar surface area (TPSA) is 39.7 Å². The molecule has 0 rings (SSSR count). The zero-order chi connectivity index (χ0) is 7.82. The van der Waals surface area contributed by atoms with Crippen LogP contribution in [0.3, 0.4) is 0 Å². The maximum absolute atomic E-state index is 4.88. The van der Waals surface area contributed by atoms with Crippen LogP contribution in [-0.2, 0) is 14.3 Å². The Morgan fingerprint density at radius 2 is 1.90 bits per heavy atom. The number of ether oxygens (including phenoxy) is 2. The standard InChI is InChI=1S/C6H15NO3/c1-4-10-7-5-6(8-2)9-3/h6-7H,4-5H2,1-3H3. The van der Waals surface area contributed by atoms with Crippen molar-refractivity contribution >= 4 is 0 Å². The minimum absolute atomic E-state index is 0.230. The van der Waals surface area contributed by atoms with E-state index in [9.17, 15) is 0 Å². The Labute approximate surface area is 61.4 Å². The molecule has 0 aliphatic carbocycles. The Bertz CT molecular complexity index is 66.0. The normalized spacial score (nSPS) is 10.8. The highest BCUT2D eigenvalue weighted by Gasteiger charge is 2.01. The van der Waals surface area contributed by atoms with E-state index in [0.717, 1.165) is 0 Å². The van der Waals surface area contributed by atoms with Crippen molar-refractivity contribution in [2.24, 2.45) is 0 Å². The average Bonchev–Trinajstić information content (AvgIpc) is 1.99. The summed E-state index contributed by atoms with van der Waals surface area (Å²) in [5, 5.41) is 0. The van der Waals surface area contributed by atoms with Gasteiger partial charge in [-0.1, -0.05) is 0 Å². The number of nitrogens with one attached hydrogen (secondary N) is 1. The third kappa shape index (κ3) is 4.69. The molecule has 0 heterocycles. The molecule has 0 unspecified atom stereocenters. The molecule has 0 aliphatic rings. The summed E-state index contributed by atoms with van der Waals surface area (Å²) in [6, 6.07) is 0. The van der Waals surface area contributed by atoms with Crippen molar-refractivity contribution in [1.82, 2.24) is 5.48 Å². The Morgan fingerprint density at radius 1 is 1.30 bits per heavy atom. The van der Waals surface area contributed by atoms with Crippen LogP contribution >= 0.6 is 0 Å². The molecule has 0 aromatic heterocycles. The maximum Gasteiger partial charge on any atom is 0.171 e. The summed E-state index contributed by atoms with van der Waals surface area (Å²) in [5.74, 6) is 0. The van der Waals surface area contributed by atoms with E-state index in [2.05, 4.69) is 5.48 Å². The largest absolute Gasteiger partial charge is 0.354 e. The zero-order valence-electron chi connectivity index (χ0n) is 6.72. The van der Waals surface area contributed by atoms with Gasteiger partial charge in [-0.05, 0) is 6.92 Å². The van der Waals surface area contributed by atoms with Crippen molar-refractivity contribution in [1.29, 1.82) is 0 Å². The average molecular weight is 149 g/mol.